The first-order chi connectivity index (χ1) is 8.72. The minimum atomic E-state index is 0.555. The van der Waals surface area contributed by atoms with Gasteiger partial charge in [0.25, 0.3) is 0 Å². The Morgan fingerprint density at radius 1 is 1.28 bits per heavy atom. The molecular weight excluding hydrogens is 226 g/mol. The molecule has 0 radical (unpaired) electrons. The molecule has 0 unspecified atom stereocenters. The van der Waals surface area contributed by atoms with E-state index in [-0.39, 0.29) is 0 Å². The molecule has 1 aromatic heterocycles. The van der Waals surface area contributed by atoms with Crippen LogP contribution in [0.2, 0.25) is 0 Å². The van der Waals surface area contributed by atoms with E-state index in [0.717, 1.165) is 43.4 Å². The zero-order valence-corrected chi connectivity index (χ0v) is 11.8. The lowest BCUT2D eigenvalue weighted by molar-refractivity contribution is 0.112. The van der Waals surface area contributed by atoms with Crippen LogP contribution in [0.4, 0.5) is 5.82 Å². The van der Waals surface area contributed by atoms with Gasteiger partial charge in [0.1, 0.15) is 5.82 Å². The highest BCUT2D eigenvalue weighted by atomic mass is 16.5. The van der Waals surface area contributed by atoms with Crippen LogP contribution >= 0.6 is 0 Å². The van der Waals surface area contributed by atoms with E-state index in [1.165, 1.54) is 6.42 Å². The minimum absolute atomic E-state index is 0.555. The molecule has 0 bridgehead atoms. The topological polar surface area (TPSA) is 47.0 Å². The Balaban J connectivity index is 2.18. The summed E-state index contributed by atoms with van der Waals surface area (Å²) < 4.78 is 5.57. The van der Waals surface area contributed by atoms with Gasteiger partial charge in [-0.05, 0) is 25.2 Å². The normalized spacial score (nSPS) is 10.9. The van der Waals surface area contributed by atoms with Crippen molar-refractivity contribution in [1.29, 1.82) is 0 Å². The van der Waals surface area contributed by atoms with Crippen molar-refractivity contribution in [3.05, 3.63) is 18.1 Å². The van der Waals surface area contributed by atoms with Gasteiger partial charge in [-0.25, -0.2) is 4.98 Å². The lowest BCUT2D eigenvalue weighted by Gasteiger charge is -2.06. The van der Waals surface area contributed by atoms with E-state index in [9.17, 15) is 0 Å². The number of hydrogen-bond donors (Lipinski definition) is 1. The maximum Gasteiger partial charge on any atom is 0.144 e. The van der Waals surface area contributed by atoms with E-state index in [4.69, 9.17) is 4.74 Å². The fourth-order valence-electron chi connectivity index (χ4n) is 1.54. The molecule has 0 saturated carbocycles. The van der Waals surface area contributed by atoms with Gasteiger partial charge in [-0.3, -0.25) is 4.98 Å². The highest BCUT2D eigenvalue weighted by Gasteiger charge is 1.98. The molecule has 1 aromatic rings. The molecule has 4 nitrogen and oxygen atoms in total. The number of ether oxygens (including phenoxy) is 1. The summed E-state index contributed by atoms with van der Waals surface area (Å²) in [5.41, 5.74) is 0.890. The van der Waals surface area contributed by atoms with E-state index in [2.05, 4.69) is 36.1 Å². The second-order valence-electron chi connectivity index (χ2n) is 4.91. The third kappa shape index (κ3) is 6.55. The smallest absolute Gasteiger partial charge is 0.144 e. The largest absolute Gasteiger partial charge is 0.375 e. The average Bonchev–Trinajstić information content (AvgIpc) is 2.37. The summed E-state index contributed by atoms with van der Waals surface area (Å²) in [4.78, 5) is 8.60. The predicted molar refractivity (Wildman–Crippen MR) is 74.5 cm³/mol. The van der Waals surface area contributed by atoms with Gasteiger partial charge in [-0.15, -0.1) is 0 Å². The second-order valence-corrected chi connectivity index (χ2v) is 4.91. The molecule has 0 aliphatic carbocycles. The third-order valence-electron chi connectivity index (χ3n) is 2.58. The van der Waals surface area contributed by atoms with Gasteiger partial charge >= 0.3 is 0 Å². The van der Waals surface area contributed by atoms with Gasteiger partial charge in [0.2, 0.25) is 0 Å². The van der Waals surface area contributed by atoms with Gasteiger partial charge < -0.3 is 10.1 Å². The molecule has 0 amide bonds. The lowest BCUT2D eigenvalue weighted by atomic mass is 10.1. The number of anilines is 1. The number of nitrogens with zero attached hydrogens (tertiary/aromatic N) is 2. The Bertz CT molecular complexity index is 311. The molecule has 0 spiro atoms. The van der Waals surface area contributed by atoms with Crippen molar-refractivity contribution < 1.29 is 4.74 Å². The summed E-state index contributed by atoms with van der Waals surface area (Å²) in [5, 5.41) is 3.20. The van der Waals surface area contributed by atoms with Crippen LogP contribution in [-0.2, 0) is 11.3 Å². The fourth-order valence-corrected chi connectivity index (χ4v) is 1.54. The average molecular weight is 251 g/mol. The molecule has 0 saturated heterocycles. The summed E-state index contributed by atoms with van der Waals surface area (Å²) in [6, 6.07) is 0. The maximum absolute atomic E-state index is 5.57. The first kappa shape index (κ1) is 14.9. The lowest BCUT2D eigenvalue weighted by Crippen LogP contribution is -2.04. The van der Waals surface area contributed by atoms with Gasteiger partial charge in [0, 0.05) is 13.2 Å². The molecule has 18 heavy (non-hydrogen) atoms. The molecule has 1 heterocycles. The molecule has 102 valence electrons. The number of nitrogens with one attached hydrogen (secondary N) is 1. The second kappa shape index (κ2) is 8.86. The molecule has 0 aromatic carbocycles. The van der Waals surface area contributed by atoms with Crippen LogP contribution in [0, 0.1) is 5.92 Å². The van der Waals surface area contributed by atoms with E-state index >= 15 is 0 Å². The SMILES string of the molecule is CCCNc1cnc(COCCCC(C)C)cn1. The first-order valence-electron chi connectivity index (χ1n) is 6.85. The van der Waals surface area contributed by atoms with Crippen molar-refractivity contribution in [2.24, 2.45) is 5.92 Å². The van der Waals surface area contributed by atoms with Gasteiger partial charge in [0.05, 0.1) is 24.7 Å². The Morgan fingerprint density at radius 2 is 2.11 bits per heavy atom. The van der Waals surface area contributed by atoms with Gasteiger partial charge in [0.15, 0.2) is 0 Å². The quantitative estimate of drug-likeness (QED) is 0.684. The maximum atomic E-state index is 5.57. The van der Waals surface area contributed by atoms with Crippen LogP contribution in [-0.4, -0.2) is 23.1 Å². The van der Waals surface area contributed by atoms with Crippen molar-refractivity contribution in [2.75, 3.05) is 18.5 Å². The zero-order valence-electron chi connectivity index (χ0n) is 11.8. The summed E-state index contributed by atoms with van der Waals surface area (Å²) >= 11 is 0. The molecule has 0 atom stereocenters. The molecule has 0 aliphatic heterocycles. The van der Waals surface area contributed by atoms with Crippen molar-refractivity contribution in [1.82, 2.24) is 9.97 Å². The van der Waals surface area contributed by atoms with Crippen molar-refractivity contribution >= 4 is 5.82 Å². The monoisotopic (exact) mass is 251 g/mol. The number of aromatic nitrogens is 2. The van der Waals surface area contributed by atoms with Crippen LogP contribution in [0.1, 0.15) is 45.7 Å². The van der Waals surface area contributed by atoms with Crippen LogP contribution in [0.15, 0.2) is 12.4 Å². The van der Waals surface area contributed by atoms with E-state index in [1.807, 2.05) is 0 Å². The molecule has 0 fully saturated rings. The molecule has 0 aliphatic rings. The van der Waals surface area contributed by atoms with Crippen molar-refractivity contribution in [2.45, 2.75) is 46.6 Å². The molecule has 4 heteroatoms. The first-order valence-corrected chi connectivity index (χ1v) is 6.85. The zero-order chi connectivity index (χ0) is 13.2. The van der Waals surface area contributed by atoms with Crippen LogP contribution in [0.5, 0.6) is 0 Å². The summed E-state index contributed by atoms with van der Waals surface area (Å²) in [7, 11) is 0. The van der Waals surface area contributed by atoms with E-state index < -0.39 is 0 Å². The van der Waals surface area contributed by atoms with E-state index in [0.29, 0.717) is 6.61 Å². The highest BCUT2D eigenvalue weighted by Crippen LogP contribution is 2.05. The summed E-state index contributed by atoms with van der Waals surface area (Å²) in [6.45, 7) is 8.87. The van der Waals surface area contributed by atoms with Crippen molar-refractivity contribution in [3.8, 4) is 0 Å². The van der Waals surface area contributed by atoms with Crippen LogP contribution < -0.4 is 5.32 Å². The fraction of sp³-hybridized carbons (Fsp3) is 0.714. The predicted octanol–water partition coefficient (Wildman–Crippen LogP) is 3.25. The highest BCUT2D eigenvalue weighted by molar-refractivity contribution is 5.30. The van der Waals surface area contributed by atoms with Crippen molar-refractivity contribution in [3.63, 3.8) is 0 Å². The molecule has 1 N–H and O–H groups in total. The third-order valence-corrected chi connectivity index (χ3v) is 2.58. The van der Waals surface area contributed by atoms with Gasteiger partial charge in [-0.2, -0.15) is 0 Å². The standard InChI is InChI=1S/C14H25N3O/c1-4-7-15-14-10-16-13(9-17-14)11-18-8-5-6-12(2)3/h9-10,12H,4-8,11H2,1-3H3,(H,15,17). The Kier molecular flexibility index (Phi) is 7.34. The van der Waals surface area contributed by atoms with Crippen LogP contribution in [0.3, 0.4) is 0 Å². The summed E-state index contributed by atoms with van der Waals surface area (Å²) in [6.07, 6.45) is 6.96. The minimum Gasteiger partial charge on any atom is -0.375 e. The Hall–Kier alpha value is -1.16. The number of rotatable bonds is 9. The molecular formula is C14H25N3O. The van der Waals surface area contributed by atoms with E-state index in [1.54, 1.807) is 12.4 Å². The Labute approximate surface area is 110 Å². The summed E-state index contributed by atoms with van der Waals surface area (Å²) in [5.74, 6) is 1.58. The Morgan fingerprint density at radius 3 is 2.72 bits per heavy atom. The number of hydrogen-bond acceptors (Lipinski definition) is 4. The van der Waals surface area contributed by atoms with Gasteiger partial charge in [-0.1, -0.05) is 20.8 Å². The molecule has 1 rings (SSSR count). The van der Waals surface area contributed by atoms with Crippen LogP contribution in [0.25, 0.3) is 0 Å².